The maximum absolute atomic E-state index is 11.4. The Morgan fingerprint density at radius 2 is 1.77 bits per heavy atom. The van der Waals surface area contributed by atoms with Gasteiger partial charge in [-0.25, -0.2) is 9.59 Å². The van der Waals surface area contributed by atoms with E-state index in [-0.39, 0.29) is 11.1 Å². The summed E-state index contributed by atoms with van der Waals surface area (Å²) in [7, 11) is 0. The van der Waals surface area contributed by atoms with Crippen LogP contribution in [0.25, 0.3) is 0 Å². The van der Waals surface area contributed by atoms with Crippen molar-refractivity contribution in [3.05, 3.63) is 64.7 Å². The van der Waals surface area contributed by atoms with Crippen molar-refractivity contribution < 1.29 is 29.6 Å². The van der Waals surface area contributed by atoms with Crippen molar-refractivity contribution in [3.63, 3.8) is 0 Å². The van der Waals surface area contributed by atoms with E-state index in [1.165, 1.54) is 12.1 Å². The molecule has 2 aromatic rings. The minimum absolute atomic E-state index is 0.254. The number of carboxylic acids is 2. The van der Waals surface area contributed by atoms with Gasteiger partial charge in [-0.1, -0.05) is 18.2 Å². The van der Waals surface area contributed by atoms with Crippen molar-refractivity contribution in [1.82, 2.24) is 5.32 Å². The lowest BCUT2D eigenvalue weighted by molar-refractivity contribution is 0.0651. The molecule has 0 fully saturated rings. The standard InChI is InChI=1S/C23H29NO6/c1-15(17-8-9-19(21(25)26)20(13-17)22(27)28)30-18-7-4-6-16(12-18)14-24-11-5-10-23(2,3)29/h4,6-9,12-13,15,24,29H,5,10-11,14H2,1-3H3,(H,25,26)(H,27,28). The third-order valence-corrected chi connectivity index (χ3v) is 4.66. The molecule has 2 rings (SSSR count). The molecule has 7 nitrogen and oxygen atoms in total. The number of hydrogen-bond acceptors (Lipinski definition) is 5. The van der Waals surface area contributed by atoms with E-state index < -0.39 is 23.6 Å². The first kappa shape index (κ1) is 23.4. The summed E-state index contributed by atoms with van der Waals surface area (Å²) in [6.45, 7) is 6.82. The number of carbonyl (C=O) groups is 2. The molecule has 4 N–H and O–H groups in total. The molecule has 0 saturated carbocycles. The summed E-state index contributed by atoms with van der Waals surface area (Å²) in [6, 6.07) is 11.8. The van der Waals surface area contributed by atoms with E-state index in [2.05, 4.69) is 5.32 Å². The highest BCUT2D eigenvalue weighted by Gasteiger charge is 2.19. The Hall–Kier alpha value is -2.90. The minimum Gasteiger partial charge on any atom is -0.486 e. The molecule has 0 aliphatic rings. The average molecular weight is 415 g/mol. The predicted octanol–water partition coefficient (Wildman–Crippen LogP) is 3.86. The summed E-state index contributed by atoms with van der Waals surface area (Å²) in [4.78, 5) is 22.6. The fourth-order valence-corrected chi connectivity index (χ4v) is 3.06. The SMILES string of the molecule is CC(Oc1cccc(CNCCCC(C)(C)O)c1)c1ccc(C(=O)O)c(C(=O)O)c1. The second-order valence-corrected chi connectivity index (χ2v) is 7.92. The summed E-state index contributed by atoms with van der Waals surface area (Å²) in [5.41, 5.74) is 0.438. The van der Waals surface area contributed by atoms with Crippen molar-refractivity contribution >= 4 is 11.9 Å². The number of rotatable bonds is 11. The minimum atomic E-state index is -1.29. The number of nitrogens with one attached hydrogen (secondary N) is 1. The molecule has 0 aliphatic carbocycles. The van der Waals surface area contributed by atoms with E-state index in [0.717, 1.165) is 24.9 Å². The first-order valence-corrected chi connectivity index (χ1v) is 9.86. The fourth-order valence-electron chi connectivity index (χ4n) is 3.06. The van der Waals surface area contributed by atoms with Crippen LogP contribution in [-0.2, 0) is 6.54 Å². The zero-order valence-corrected chi connectivity index (χ0v) is 17.5. The molecule has 7 heteroatoms. The molecule has 0 amide bonds. The molecule has 0 aromatic heterocycles. The molecule has 162 valence electrons. The summed E-state index contributed by atoms with van der Waals surface area (Å²) in [5.74, 6) is -1.94. The van der Waals surface area contributed by atoms with Crippen molar-refractivity contribution in [1.29, 1.82) is 0 Å². The smallest absolute Gasteiger partial charge is 0.336 e. The molecule has 0 aliphatic heterocycles. The Kier molecular flexibility index (Phi) is 7.97. The van der Waals surface area contributed by atoms with Gasteiger partial charge in [-0.15, -0.1) is 0 Å². The highest BCUT2D eigenvalue weighted by molar-refractivity contribution is 6.01. The van der Waals surface area contributed by atoms with Crippen LogP contribution in [-0.4, -0.2) is 39.4 Å². The third kappa shape index (κ3) is 7.17. The average Bonchev–Trinajstić information content (AvgIpc) is 2.66. The van der Waals surface area contributed by atoms with Crippen LogP contribution in [0.1, 0.15) is 71.6 Å². The van der Waals surface area contributed by atoms with Gasteiger partial charge in [0.15, 0.2) is 0 Å². The predicted molar refractivity (Wildman–Crippen MR) is 113 cm³/mol. The van der Waals surface area contributed by atoms with Gasteiger partial charge in [0.2, 0.25) is 0 Å². The van der Waals surface area contributed by atoms with Gasteiger partial charge in [0.05, 0.1) is 16.7 Å². The summed E-state index contributed by atoms with van der Waals surface area (Å²) >= 11 is 0. The van der Waals surface area contributed by atoms with Crippen molar-refractivity contribution in [2.24, 2.45) is 0 Å². The number of carboxylic acid groups (broad SMARTS) is 2. The molecule has 0 bridgehead atoms. The van der Waals surface area contributed by atoms with Crippen molar-refractivity contribution in [3.8, 4) is 5.75 Å². The lowest BCUT2D eigenvalue weighted by Gasteiger charge is -2.17. The second-order valence-electron chi connectivity index (χ2n) is 7.92. The maximum Gasteiger partial charge on any atom is 0.336 e. The molecule has 1 atom stereocenters. The molecule has 0 heterocycles. The highest BCUT2D eigenvalue weighted by atomic mass is 16.5. The molecule has 1 unspecified atom stereocenters. The second kappa shape index (κ2) is 10.2. The largest absolute Gasteiger partial charge is 0.486 e. The number of aromatic carboxylic acids is 2. The molecule has 0 spiro atoms. The number of aliphatic hydroxyl groups is 1. The van der Waals surface area contributed by atoms with E-state index >= 15 is 0 Å². The van der Waals surface area contributed by atoms with E-state index in [0.29, 0.717) is 17.9 Å². The van der Waals surface area contributed by atoms with Gasteiger partial charge in [-0.3, -0.25) is 0 Å². The van der Waals surface area contributed by atoms with Crippen LogP contribution in [0.5, 0.6) is 5.75 Å². The zero-order chi connectivity index (χ0) is 22.3. The highest BCUT2D eigenvalue weighted by Crippen LogP contribution is 2.25. The summed E-state index contributed by atoms with van der Waals surface area (Å²) < 4.78 is 5.95. The number of benzene rings is 2. The van der Waals surface area contributed by atoms with Gasteiger partial charge in [-0.2, -0.15) is 0 Å². The van der Waals surface area contributed by atoms with E-state index in [1.54, 1.807) is 26.8 Å². The van der Waals surface area contributed by atoms with Crippen molar-refractivity contribution in [2.45, 2.75) is 51.9 Å². The molecular formula is C23H29NO6. The Morgan fingerprint density at radius 3 is 2.40 bits per heavy atom. The lowest BCUT2D eigenvalue weighted by atomic mass is 10.0. The Balaban J connectivity index is 1.99. The Bertz CT molecular complexity index is 888. The molecule has 0 saturated heterocycles. The first-order chi connectivity index (χ1) is 14.1. The van der Waals surface area contributed by atoms with Crippen LogP contribution in [0, 0.1) is 0 Å². The zero-order valence-electron chi connectivity index (χ0n) is 17.5. The van der Waals surface area contributed by atoms with Crippen LogP contribution in [0.2, 0.25) is 0 Å². The van der Waals surface area contributed by atoms with Gasteiger partial charge < -0.3 is 25.4 Å². The van der Waals surface area contributed by atoms with Crippen molar-refractivity contribution in [2.75, 3.05) is 6.54 Å². The Labute approximate surface area is 176 Å². The molecular weight excluding hydrogens is 386 g/mol. The van der Waals surface area contributed by atoms with E-state index in [1.807, 2.05) is 24.3 Å². The summed E-state index contributed by atoms with van der Waals surface area (Å²) in [5, 5.41) is 31.5. The maximum atomic E-state index is 11.4. The first-order valence-electron chi connectivity index (χ1n) is 9.86. The van der Waals surface area contributed by atoms with Gasteiger partial charge in [-0.05, 0) is 75.5 Å². The van der Waals surface area contributed by atoms with Gasteiger partial charge in [0, 0.05) is 6.54 Å². The van der Waals surface area contributed by atoms with Gasteiger partial charge in [0.1, 0.15) is 11.9 Å². The topological polar surface area (TPSA) is 116 Å². The van der Waals surface area contributed by atoms with Crippen LogP contribution < -0.4 is 10.1 Å². The quantitative estimate of drug-likeness (QED) is 0.412. The van der Waals surface area contributed by atoms with Crippen LogP contribution >= 0.6 is 0 Å². The van der Waals surface area contributed by atoms with Gasteiger partial charge in [0.25, 0.3) is 0 Å². The van der Waals surface area contributed by atoms with Crippen LogP contribution in [0.15, 0.2) is 42.5 Å². The fraction of sp³-hybridized carbons (Fsp3) is 0.391. The lowest BCUT2D eigenvalue weighted by Crippen LogP contribution is -2.22. The number of ether oxygens (including phenoxy) is 1. The van der Waals surface area contributed by atoms with Crippen LogP contribution in [0.3, 0.4) is 0 Å². The van der Waals surface area contributed by atoms with E-state index in [4.69, 9.17) is 9.84 Å². The monoisotopic (exact) mass is 415 g/mol. The molecule has 0 radical (unpaired) electrons. The van der Waals surface area contributed by atoms with Crippen LogP contribution in [0.4, 0.5) is 0 Å². The molecule has 2 aromatic carbocycles. The third-order valence-electron chi connectivity index (χ3n) is 4.66. The van der Waals surface area contributed by atoms with E-state index in [9.17, 15) is 19.8 Å². The normalized spacial score (nSPS) is 12.4. The Morgan fingerprint density at radius 1 is 1.07 bits per heavy atom. The number of hydrogen-bond donors (Lipinski definition) is 4. The molecule has 30 heavy (non-hydrogen) atoms. The van der Waals surface area contributed by atoms with Gasteiger partial charge >= 0.3 is 11.9 Å². The summed E-state index contributed by atoms with van der Waals surface area (Å²) in [6.07, 6.45) is 1.13.